The summed E-state index contributed by atoms with van der Waals surface area (Å²) in [4.78, 5) is 26.7. The molecule has 0 fully saturated rings. The Morgan fingerprint density at radius 2 is 1.67 bits per heavy atom. The van der Waals surface area contributed by atoms with Gasteiger partial charge in [-0.15, -0.1) is 0 Å². The highest BCUT2D eigenvalue weighted by Crippen LogP contribution is 2.32. The van der Waals surface area contributed by atoms with Crippen molar-refractivity contribution in [3.8, 4) is 5.40 Å². The fourth-order valence-electron chi connectivity index (χ4n) is 3.47. The quantitative estimate of drug-likeness (QED) is 0.554. The van der Waals surface area contributed by atoms with E-state index in [1.54, 1.807) is 13.1 Å². The molecule has 0 saturated heterocycles. The molecule has 0 aliphatic heterocycles. The van der Waals surface area contributed by atoms with Crippen LogP contribution in [0.5, 0.6) is 0 Å². The summed E-state index contributed by atoms with van der Waals surface area (Å²) in [5.74, 6) is 0.366. The van der Waals surface area contributed by atoms with E-state index in [4.69, 9.17) is 5.26 Å². The number of rotatable bonds is 4. The smallest absolute Gasteiger partial charge is 0.318 e. The number of nitriles is 1. The molecule has 1 N–H and O–H groups in total. The van der Waals surface area contributed by atoms with Crippen molar-refractivity contribution in [2.24, 2.45) is 0 Å². The summed E-state index contributed by atoms with van der Waals surface area (Å²) in [6, 6.07) is 16.0. The van der Waals surface area contributed by atoms with Crippen LogP contribution >= 0.6 is 11.8 Å². The normalized spacial score (nSPS) is 12.3. The first kappa shape index (κ1) is 17.2. The van der Waals surface area contributed by atoms with Gasteiger partial charge < -0.3 is 4.57 Å². The average molecular weight is 376 g/mol. The van der Waals surface area contributed by atoms with Gasteiger partial charge in [0.15, 0.2) is 0 Å². The van der Waals surface area contributed by atoms with E-state index < -0.39 is 17.4 Å². The molecule has 0 spiro atoms. The third-order valence-corrected chi connectivity index (χ3v) is 5.27. The number of benzene rings is 2. The number of H-pyrrole nitrogens is 1. The number of nitrogens with zero attached hydrogens (tertiary/aromatic N) is 3. The minimum Gasteiger partial charge on any atom is -0.318 e. The molecule has 0 amide bonds. The Morgan fingerprint density at radius 3 is 2.26 bits per heavy atom. The first-order chi connectivity index (χ1) is 13.1. The van der Waals surface area contributed by atoms with Crippen LogP contribution in [-0.2, 0) is 0 Å². The van der Waals surface area contributed by atoms with Crippen LogP contribution in [0, 0.1) is 17.6 Å². The van der Waals surface area contributed by atoms with E-state index in [0.717, 1.165) is 33.6 Å². The predicted octanol–water partition coefficient (Wildman–Crippen LogP) is 3.21. The molecule has 4 aromatic rings. The van der Waals surface area contributed by atoms with Crippen molar-refractivity contribution < 1.29 is 0 Å². The van der Waals surface area contributed by atoms with E-state index in [2.05, 4.69) is 15.0 Å². The summed E-state index contributed by atoms with van der Waals surface area (Å²) in [6.45, 7) is 1.66. The van der Waals surface area contributed by atoms with Crippen LogP contribution in [-0.4, -0.2) is 19.9 Å². The minimum absolute atomic E-state index is 0.366. The van der Waals surface area contributed by atoms with Crippen molar-refractivity contribution in [1.82, 2.24) is 14.1 Å². The lowest BCUT2D eigenvalue weighted by molar-refractivity contribution is 0.476. The van der Waals surface area contributed by atoms with E-state index in [0.29, 0.717) is 11.3 Å². The number of aromatic amines is 1. The zero-order valence-electron chi connectivity index (χ0n) is 14.5. The molecular formula is C20H16N4O2S. The topological polar surface area (TPSA) is 83.6 Å². The molecule has 0 aliphatic rings. The summed E-state index contributed by atoms with van der Waals surface area (Å²) < 4.78 is 3.56. The van der Waals surface area contributed by atoms with E-state index in [1.165, 1.54) is 4.57 Å². The molecular weight excluding hydrogens is 360 g/mol. The van der Waals surface area contributed by atoms with Crippen molar-refractivity contribution in [3.05, 3.63) is 81.1 Å². The number of fused-ring (bicyclic) bond motifs is 3. The van der Waals surface area contributed by atoms with E-state index in [1.807, 2.05) is 48.5 Å². The van der Waals surface area contributed by atoms with Gasteiger partial charge in [-0.3, -0.25) is 14.3 Å². The van der Waals surface area contributed by atoms with Gasteiger partial charge in [0.05, 0.1) is 11.0 Å². The number of hydrogen-bond donors (Lipinski definition) is 1. The Balaban J connectivity index is 2.07. The molecule has 4 rings (SSSR count). The number of para-hydroxylation sites is 2. The van der Waals surface area contributed by atoms with Crippen LogP contribution in [0.25, 0.3) is 21.8 Å². The van der Waals surface area contributed by atoms with E-state index in [9.17, 15) is 9.59 Å². The monoisotopic (exact) mass is 376 g/mol. The molecule has 1 atom stereocenters. The highest BCUT2D eigenvalue weighted by Gasteiger charge is 2.21. The molecule has 7 heteroatoms. The zero-order valence-corrected chi connectivity index (χ0v) is 15.4. The SMILES string of the molecule is Cc1cn(C(CSC#N)n2c3ccccc3c3ccccc32)c(=O)[nH]c1=O. The van der Waals surface area contributed by atoms with Gasteiger partial charge in [0.1, 0.15) is 11.6 Å². The number of aryl methyl sites for hydroxylation is 1. The zero-order chi connectivity index (χ0) is 19.0. The number of thiocyanates is 1. The summed E-state index contributed by atoms with van der Waals surface area (Å²) >= 11 is 1.08. The van der Waals surface area contributed by atoms with Crippen molar-refractivity contribution >= 4 is 33.6 Å². The standard InChI is InChI=1S/C20H16N4O2S/c1-13-10-23(20(26)22-19(13)25)18(11-27-12-21)24-16-8-4-2-6-14(16)15-7-3-5-9-17(15)24/h2-10,18H,11H2,1H3,(H,22,25,26). The van der Waals surface area contributed by atoms with Gasteiger partial charge in [0.2, 0.25) is 0 Å². The predicted molar refractivity (Wildman–Crippen MR) is 108 cm³/mol. The first-order valence-corrected chi connectivity index (χ1v) is 9.41. The van der Waals surface area contributed by atoms with Crippen LogP contribution in [0.1, 0.15) is 11.7 Å². The molecule has 0 saturated carbocycles. The number of aromatic nitrogens is 3. The molecule has 6 nitrogen and oxygen atoms in total. The summed E-state index contributed by atoms with van der Waals surface area (Å²) in [5, 5.41) is 13.4. The summed E-state index contributed by atoms with van der Waals surface area (Å²) in [6.07, 6.45) is 1.11. The van der Waals surface area contributed by atoms with Gasteiger partial charge in [-0.25, -0.2) is 4.79 Å². The van der Waals surface area contributed by atoms with E-state index >= 15 is 0 Å². The Hall–Kier alpha value is -3.24. The fraction of sp³-hybridized carbons (Fsp3) is 0.150. The fourth-order valence-corrected chi connectivity index (χ4v) is 4.01. The molecule has 0 aliphatic carbocycles. The second kappa shape index (κ2) is 6.82. The molecule has 27 heavy (non-hydrogen) atoms. The molecule has 2 heterocycles. The number of nitrogens with one attached hydrogen (secondary N) is 1. The van der Waals surface area contributed by atoms with Crippen LogP contribution < -0.4 is 11.2 Å². The van der Waals surface area contributed by atoms with Crippen LogP contribution in [0.2, 0.25) is 0 Å². The molecule has 1 unspecified atom stereocenters. The van der Waals surface area contributed by atoms with Gasteiger partial charge in [0, 0.05) is 28.3 Å². The third kappa shape index (κ3) is 2.84. The second-order valence-corrected chi connectivity index (χ2v) is 7.07. The summed E-state index contributed by atoms with van der Waals surface area (Å²) in [7, 11) is 0. The Morgan fingerprint density at radius 1 is 1.07 bits per heavy atom. The van der Waals surface area contributed by atoms with Crippen LogP contribution in [0.4, 0.5) is 0 Å². The van der Waals surface area contributed by atoms with Gasteiger partial charge >= 0.3 is 5.69 Å². The van der Waals surface area contributed by atoms with E-state index in [-0.39, 0.29) is 0 Å². The Bertz CT molecular complexity index is 1260. The van der Waals surface area contributed by atoms with Gasteiger partial charge in [-0.1, -0.05) is 36.4 Å². The van der Waals surface area contributed by atoms with Crippen molar-refractivity contribution in [2.75, 3.05) is 5.75 Å². The molecule has 134 valence electrons. The van der Waals surface area contributed by atoms with Gasteiger partial charge in [-0.05, 0) is 30.8 Å². The molecule has 2 aromatic carbocycles. The highest BCUT2D eigenvalue weighted by atomic mass is 32.2. The third-order valence-electron chi connectivity index (χ3n) is 4.68. The van der Waals surface area contributed by atoms with Crippen molar-refractivity contribution in [2.45, 2.75) is 13.1 Å². The number of hydrogen-bond acceptors (Lipinski definition) is 4. The largest absolute Gasteiger partial charge is 0.330 e. The Kier molecular flexibility index (Phi) is 4.34. The number of thioether (sulfide) groups is 1. The van der Waals surface area contributed by atoms with Gasteiger partial charge in [0.25, 0.3) is 5.56 Å². The molecule has 0 bridgehead atoms. The van der Waals surface area contributed by atoms with Crippen molar-refractivity contribution in [1.29, 1.82) is 5.26 Å². The molecule has 0 radical (unpaired) electrons. The lowest BCUT2D eigenvalue weighted by Gasteiger charge is -2.22. The minimum atomic E-state index is -0.490. The maximum atomic E-state index is 12.6. The summed E-state index contributed by atoms with van der Waals surface area (Å²) in [5.41, 5.74) is 1.50. The lowest BCUT2D eigenvalue weighted by atomic mass is 10.2. The first-order valence-electron chi connectivity index (χ1n) is 8.42. The maximum Gasteiger partial charge on any atom is 0.330 e. The van der Waals surface area contributed by atoms with Crippen molar-refractivity contribution in [3.63, 3.8) is 0 Å². The van der Waals surface area contributed by atoms with Crippen LogP contribution in [0.15, 0.2) is 64.3 Å². The maximum absolute atomic E-state index is 12.6. The van der Waals surface area contributed by atoms with Gasteiger partial charge in [-0.2, -0.15) is 5.26 Å². The average Bonchev–Trinajstić information content (AvgIpc) is 3.01. The van der Waals surface area contributed by atoms with Crippen LogP contribution in [0.3, 0.4) is 0 Å². The second-order valence-electron chi connectivity index (χ2n) is 6.27. The molecule has 2 aromatic heterocycles. The lowest BCUT2D eigenvalue weighted by Crippen LogP contribution is -2.36. The Labute approximate surface area is 158 Å². The highest BCUT2D eigenvalue weighted by molar-refractivity contribution is 8.03.